The fraction of sp³-hybridized carbons (Fsp3) is 0.478. The van der Waals surface area contributed by atoms with E-state index in [0.717, 1.165) is 7.11 Å². The summed E-state index contributed by atoms with van der Waals surface area (Å²) in [7, 11) is 4.04. The topological polar surface area (TPSA) is 208 Å². The lowest BCUT2D eigenvalue weighted by molar-refractivity contribution is -0.198. The van der Waals surface area contributed by atoms with Crippen LogP contribution in [-0.4, -0.2) is 98.9 Å². The van der Waals surface area contributed by atoms with Crippen LogP contribution >= 0.6 is 0 Å². The number of aromatic hydroxyl groups is 1. The number of methoxy groups -OCH3 is 1. The van der Waals surface area contributed by atoms with Crippen molar-refractivity contribution in [1.29, 1.82) is 0 Å². The van der Waals surface area contributed by atoms with Gasteiger partial charge in [0.2, 0.25) is 11.7 Å². The molecule has 0 aliphatic heterocycles. The zero-order chi connectivity index (χ0) is 26.1. The van der Waals surface area contributed by atoms with E-state index in [1.54, 1.807) is 0 Å². The van der Waals surface area contributed by atoms with Crippen LogP contribution in [0.5, 0.6) is 5.75 Å². The van der Waals surface area contributed by atoms with Crippen LogP contribution in [0.25, 0.3) is 5.76 Å². The first kappa shape index (κ1) is 24.8. The van der Waals surface area contributed by atoms with Gasteiger partial charge in [0.05, 0.1) is 24.9 Å². The fourth-order valence-corrected chi connectivity index (χ4v) is 5.86. The second kappa shape index (κ2) is 8.12. The number of nitrogens with two attached hydrogens (primary N) is 1. The Balaban J connectivity index is 1.96. The van der Waals surface area contributed by atoms with Crippen LogP contribution in [0, 0.1) is 17.8 Å². The Labute approximate surface area is 199 Å². The summed E-state index contributed by atoms with van der Waals surface area (Å²) >= 11 is 0. The molecule has 7 atom stereocenters. The number of benzene rings is 1. The van der Waals surface area contributed by atoms with Crippen molar-refractivity contribution >= 4 is 29.2 Å². The van der Waals surface area contributed by atoms with Gasteiger partial charge < -0.3 is 40.9 Å². The molecular weight excluding hydrogens is 464 g/mol. The van der Waals surface area contributed by atoms with Crippen LogP contribution in [0.2, 0.25) is 0 Å². The monoisotopic (exact) mass is 490 g/mol. The fourth-order valence-electron chi connectivity index (χ4n) is 5.86. The number of hydrogen-bond acceptors (Lipinski definition) is 11. The molecule has 4 unspecified atom stereocenters. The minimum Gasteiger partial charge on any atom is -0.507 e. The van der Waals surface area contributed by atoms with Gasteiger partial charge in [0, 0.05) is 23.5 Å². The lowest BCUT2D eigenvalue weighted by atomic mass is 9.53. The van der Waals surface area contributed by atoms with Crippen molar-refractivity contribution in [3.05, 3.63) is 34.4 Å². The average molecular weight is 490 g/mol. The van der Waals surface area contributed by atoms with Gasteiger partial charge in [-0.25, -0.2) is 4.79 Å². The molecule has 0 aromatic heterocycles. The highest BCUT2D eigenvalue weighted by Gasteiger charge is 2.70. The Morgan fingerprint density at radius 3 is 2.31 bits per heavy atom. The third-order valence-electron chi connectivity index (χ3n) is 7.45. The zero-order valence-electron chi connectivity index (χ0n) is 19.1. The number of aliphatic hydroxyl groups excluding tert-OH is 3. The summed E-state index contributed by atoms with van der Waals surface area (Å²) in [6, 6.07) is 1.45. The van der Waals surface area contributed by atoms with Crippen molar-refractivity contribution in [3.63, 3.8) is 0 Å². The Kier molecular flexibility index (Phi) is 5.75. The van der Waals surface area contributed by atoms with Crippen molar-refractivity contribution in [1.82, 2.24) is 4.90 Å². The number of phenolic OH excluding ortho intramolecular Hbond substituents is 1. The minimum atomic E-state index is -3.00. The molecule has 3 aliphatic carbocycles. The van der Waals surface area contributed by atoms with Gasteiger partial charge in [-0.3, -0.25) is 14.4 Å². The number of ketones is 2. The molecule has 1 amide bonds. The molecule has 35 heavy (non-hydrogen) atoms. The van der Waals surface area contributed by atoms with Crippen LogP contribution in [0.15, 0.2) is 17.7 Å². The zero-order valence-corrected chi connectivity index (χ0v) is 19.1. The number of carbonyl (C=O) groups excluding carboxylic acids is 4. The smallest absolute Gasteiger partial charge is 0.341 e. The first-order valence-electron chi connectivity index (χ1n) is 10.8. The number of fused-ring (bicyclic) bond motifs is 3. The molecule has 0 bridgehead atoms. The van der Waals surface area contributed by atoms with Crippen LogP contribution in [0.4, 0.5) is 0 Å². The molecule has 0 spiro atoms. The lowest BCUT2D eigenvalue weighted by Gasteiger charge is -2.55. The summed E-state index contributed by atoms with van der Waals surface area (Å²) in [5, 5.41) is 55.4. The van der Waals surface area contributed by atoms with Crippen LogP contribution in [-0.2, 0) is 25.5 Å². The van der Waals surface area contributed by atoms with E-state index in [-0.39, 0.29) is 23.1 Å². The highest BCUT2D eigenvalue weighted by molar-refractivity contribution is 6.25. The number of hydrogen-bond donors (Lipinski definition) is 6. The number of rotatable bonds is 3. The lowest BCUT2D eigenvalue weighted by Crippen LogP contribution is -2.76. The first-order valence-corrected chi connectivity index (χ1v) is 10.8. The maximum absolute atomic E-state index is 13.7. The Hall–Kier alpha value is -3.32. The molecule has 1 aromatic rings. The minimum absolute atomic E-state index is 0.104. The van der Waals surface area contributed by atoms with E-state index >= 15 is 0 Å². The summed E-state index contributed by atoms with van der Waals surface area (Å²) in [6.07, 6.45) is -3.46. The molecule has 4 rings (SSSR count). The van der Waals surface area contributed by atoms with Crippen LogP contribution < -0.4 is 5.73 Å². The second-order valence-corrected chi connectivity index (χ2v) is 9.36. The van der Waals surface area contributed by atoms with E-state index in [9.17, 15) is 44.7 Å². The molecular formula is C23H26N2O10. The maximum Gasteiger partial charge on any atom is 0.341 e. The average Bonchev–Trinajstić information content (AvgIpc) is 2.78. The normalized spacial score (nSPS) is 34.3. The number of esters is 1. The number of nitrogens with zero attached hydrogens (tertiary/aromatic N) is 1. The molecule has 2 fully saturated rings. The number of primary amides is 1. The quantitative estimate of drug-likeness (QED) is 0.199. The number of likely N-dealkylation sites (N-methyl/N-ethyl adjacent to an activating group) is 1. The number of Topliss-reactive ketones (excluding diaryl/α,β-unsaturated/α-hetero) is 2. The third-order valence-corrected chi connectivity index (χ3v) is 7.45. The number of aliphatic hydroxyl groups is 4. The standard InChI is InChI=1S/C23H26N2O10/c1-25(2)14-13-16(27)9-6-7-4-5-8(22(33)35-3)15(26)10(7)17(28)11(9)19(30)23(13,34)20(31)12(18(14)29)21(24)32/h4-5,9,12-14,16,18,26-29,34H,6H2,1-3H3,(H2,24,32)/t9?,12?,13?,14-,16-,18?,23-/m1/s1. The summed E-state index contributed by atoms with van der Waals surface area (Å²) in [6.45, 7) is 0. The molecule has 12 nitrogen and oxygen atoms in total. The number of carbonyl (C=O) groups is 4. The molecule has 3 aliphatic rings. The highest BCUT2D eigenvalue weighted by Crippen LogP contribution is 2.52. The third kappa shape index (κ3) is 3.14. The molecule has 2 saturated carbocycles. The Morgan fingerprint density at radius 2 is 1.77 bits per heavy atom. The van der Waals surface area contributed by atoms with E-state index in [0.29, 0.717) is 0 Å². The van der Waals surface area contributed by atoms with Crippen molar-refractivity contribution in [2.45, 2.75) is 30.3 Å². The first-order chi connectivity index (χ1) is 16.3. The SMILES string of the molecule is COC(=O)c1ccc2c(c1O)C(O)=C1C(=O)[C@@]3(O)C(=O)C(C(N)=O)C(O)[C@H](N(C)C)C3[C@H](O)C1C2. The van der Waals surface area contributed by atoms with E-state index in [2.05, 4.69) is 4.74 Å². The summed E-state index contributed by atoms with van der Waals surface area (Å²) in [5.74, 6) is -11.0. The van der Waals surface area contributed by atoms with Gasteiger partial charge in [0.15, 0.2) is 11.4 Å². The molecule has 0 radical (unpaired) electrons. The highest BCUT2D eigenvalue weighted by atomic mass is 16.5. The summed E-state index contributed by atoms with van der Waals surface area (Å²) in [5.41, 5.74) is 1.49. The van der Waals surface area contributed by atoms with Crippen LogP contribution in [0.3, 0.4) is 0 Å². The molecule has 0 saturated heterocycles. The molecule has 188 valence electrons. The summed E-state index contributed by atoms with van der Waals surface area (Å²) in [4.78, 5) is 52.4. The Morgan fingerprint density at radius 1 is 1.14 bits per heavy atom. The maximum atomic E-state index is 13.7. The number of ether oxygens (including phenoxy) is 1. The van der Waals surface area contributed by atoms with E-state index in [1.165, 1.54) is 31.1 Å². The largest absolute Gasteiger partial charge is 0.507 e. The van der Waals surface area contributed by atoms with Crippen molar-refractivity contribution < 1.29 is 49.4 Å². The van der Waals surface area contributed by atoms with Gasteiger partial charge in [-0.15, -0.1) is 0 Å². The second-order valence-electron chi connectivity index (χ2n) is 9.36. The van der Waals surface area contributed by atoms with Gasteiger partial charge in [0.25, 0.3) is 0 Å². The molecule has 0 heterocycles. The van der Waals surface area contributed by atoms with Gasteiger partial charge in [-0.2, -0.15) is 0 Å². The molecule has 7 N–H and O–H groups in total. The predicted octanol–water partition coefficient (Wildman–Crippen LogP) is -2.11. The van der Waals surface area contributed by atoms with E-state index in [4.69, 9.17) is 5.73 Å². The van der Waals surface area contributed by atoms with Gasteiger partial charge in [0.1, 0.15) is 23.0 Å². The van der Waals surface area contributed by atoms with E-state index in [1.807, 2.05) is 0 Å². The van der Waals surface area contributed by atoms with Gasteiger partial charge >= 0.3 is 5.97 Å². The molecule has 1 aromatic carbocycles. The van der Waals surface area contributed by atoms with Crippen molar-refractivity contribution in [2.75, 3.05) is 21.2 Å². The van der Waals surface area contributed by atoms with Gasteiger partial charge in [-0.1, -0.05) is 6.07 Å². The number of amides is 1. The number of phenols is 1. The van der Waals surface area contributed by atoms with E-state index < -0.39 is 82.1 Å². The predicted molar refractivity (Wildman–Crippen MR) is 117 cm³/mol. The van der Waals surface area contributed by atoms with Gasteiger partial charge in [-0.05, 0) is 32.1 Å². The van der Waals surface area contributed by atoms with Crippen LogP contribution in [0.1, 0.15) is 21.5 Å². The van der Waals surface area contributed by atoms with Crippen molar-refractivity contribution in [2.24, 2.45) is 23.5 Å². The summed E-state index contributed by atoms with van der Waals surface area (Å²) < 4.78 is 4.61. The molecule has 12 heteroatoms. The van der Waals surface area contributed by atoms with Crippen molar-refractivity contribution in [3.8, 4) is 5.75 Å². The Bertz CT molecular complexity index is 1190.